The Morgan fingerprint density at radius 2 is 1.89 bits per heavy atom. The monoisotopic (exact) mass is 389 g/mol. The van der Waals surface area contributed by atoms with Crippen molar-refractivity contribution in [3.8, 4) is 5.75 Å². The quantitative estimate of drug-likeness (QED) is 0.457. The van der Waals surface area contributed by atoms with Gasteiger partial charge in [0, 0.05) is 17.5 Å². The predicted molar refractivity (Wildman–Crippen MR) is 106 cm³/mol. The number of hydrogen-bond acceptors (Lipinski definition) is 6. The number of hydrogen-bond donors (Lipinski definition) is 1. The summed E-state index contributed by atoms with van der Waals surface area (Å²) in [7, 11) is 0. The van der Waals surface area contributed by atoms with E-state index in [1.165, 1.54) is 12.1 Å². The van der Waals surface area contributed by atoms with Crippen LogP contribution in [0.2, 0.25) is 0 Å². The number of esters is 1. The lowest BCUT2D eigenvalue weighted by molar-refractivity contribution is -0.136. The molecule has 1 N–H and O–H groups in total. The molecule has 1 aromatic carbocycles. The molecule has 0 unspecified atom stereocenters. The van der Waals surface area contributed by atoms with Crippen molar-refractivity contribution in [3.63, 3.8) is 0 Å². The highest BCUT2D eigenvalue weighted by Gasteiger charge is 2.24. The lowest BCUT2D eigenvalue weighted by Crippen LogP contribution is -2.44. The van der Waals surface area contributed by atoms with E-state index in [2.05, 4.69) is 5.32 Å². The van der Waals surface area contributed by atoms with Gasteiger partial charge >= 0.3 is 17.7 Å². The SMILES string of the molecule is CCCc1cc(=O)oc2cc(OC(=O)[C@H](CC)NC(=O)OC(C)(C)C)ccc12. The molecule has 0 aliphatic rings. The molecule has 0 aliphatic heterocycles. The largest absolute Gasteiger partial charge is 0.444 e. The lowest BCUT2D eigenvalue weighted by atomic mass is 10.1. The topological polar surface area (TPSA) is 94.8 Å². The maximum absolute atomic E-state index is 12.4. The number of benzene rings is 1. The van der Waals surface area contributed by atoms with Gasteiger partial charge in [-0.05, 0) is 51.3 Å². The fourth-order valence-corrected chi connectivity index (χ4v) is 2.71. The van der Waals surface area contributed by atoms with Crippen LogP contribution in [0, 0.1) is 0 Å². The minimum absolute atomic E-state index is 0.235. The van der Waals surface area contributed by atoms with Crippen LogP contribution >= 0.6 is 0 Å². The summed E-state index contributed by atoms with van der Waals surface area (Å²) in [6, 6.07) is 5.53. The molecule has 0 fully saturated rings. The van der Waals surface area contributed by atoms with Gasteiger partial charge in [-0.15, -0.1) is 0 Å². The third kappa shape index (κ3) is 5.84. The molecule has 0 spiro atoms. The smallest absolute Gasteiger partial charge is 0.408 e. The first-order valence-corrected chi connectivity index (χ1v) is 9.41. The van der Waals surface area contributed by atoms with E-state index >= 15 is 0 Å². The molecule has 0 saturated carbocycles. The van der Waals surface area contributed by atoms with E-state index in [-0.39, 0.29) is 5.75 Å². The van der Waals surface area contributed by atoms with Crippen LogP contribution in [0.25, 0.3) is 11.0 Å². The zero-order valence-corrected chi connectivity index (χ0v) is 17.0. The Morgan fingerprint density at radius 3 is 2.50 bits per heavy atom. The molecular formula is C21H27NO6. The van der Waals surface area contributed by atoms with Crippen molar-refractivity contribution in [2.75, 3.05) is 0 Å². The standard InChI is InChI=1S/C21H27NO6/c1-6-8-13-11-18(23)27-17-12-14(9-10-15(13)17)26-19(24)16(7-2)22-20(25)28-21(3,4)5/h9-12,16H,6-8H2,1-5H3,(H,22,25)/t16-/m0/s1. The van der Waals surface area contributed by atoms with Crippen LogP contribution in [0.3, 0.4) is 0 Å². The van der Waals surface area contributed by atoms with E-state index in [4.69, 9.17) is 13.9 Å². The van der Waals surface area contributed by atoms with Gasteiger partial charge in [0.25, 0.3) is 0 Å². The van der Waals surface area contributed by atoms with Crippen molar-refractivity contribution in [2.45, 2.75) is 65.5 Å². The zero-order valence-electron chi connectivity index (χ0n) is 17.0. The fraction of sp³-hybridized carbons (Fsp3) is 0.476. The van der Waals surface area contributed by atoms with Gasteiger partial charge in [0.05, 0.1) is 0 Å². The van der Waals surface area contributed by atoms with E-state index in [1.54, 1.807) is 39.8 Å². The van der Waals surface area contributed by atoms with Crippen molar-refractivity contribution in [2.24, 2.45) is 0 Å². The number of carbonyl (C=O) groups is 2. The molecule has 0 saturated heterocycles. The minimum Gasteiger partial charge on any atom is -0.444 e. The summed E-state index contributed by atoms with van der Waals surface area (Å²) in [5.74, 6) is -0.390. The molecule has 28 heavy (non-hydrogen) atoms. The summed E-state index contributed by atoms with van der Waals surface area (Å²) < 4.78 is 15.8. The van der Waals surface area contributed by atoms with Gasteiger partial charge in [-0.3, -0.25) is 0 Å². The molecule has 1 heterocycles. The van der Waals surface area contributed by atoms with Gasteiger partial charge < -0.3 is 19.2 Å². The van der Waals surface area contributed by atoms with Crippen molar-refractivity contribution >= 4 is 23.0 Å². The number of rotatable bonds is 6. The Labute approximate surface area is 164 Å². The Balaban J connectivity index is 2.17. The summed E-state index contributed by atoms with van der Waals surface area (Å²) >= 11 is 0. The molecule has 0 bridgehead atoms. The Hall–Kier alpha value is -2.83. The summed E-state index contributed by atoms with van der Waals surface area (Å²) in [6.45, 7) is 8.99. The molecule has 1 atom stereocenters. The third-order valence-corrected chi connectivity index (χ3v) is 3.92. The number of fused-ring (bicyclic) bond motifs is 1. The van der Waals surface area contributed by atoms with Crippen LogP contribution in [-0.2, 0) is 16.0 Å². The third-order valence-electron chi connectivity index (χ3n) is 3.92. The van der Waals surface area contributed by atoms with E-state index in [9.17, 15) is 14.4 Å². The summed E-state index contributed by atoms with van der Waals surface area (Å²) in [6.07, 6.45) is 1.29. The van der Waals surface area contributed by atoms with Gasteiger partial charge in [0.2, 0.25) is 0 Å². The minimum atomic E-state index is -0.857. The van der Waals surface area contributed by atoms with Gasteiger partial charge in [-0.1, -0.05) is 20.3 Å². The zero-order chi connectivity index (χ0) is 20.9. The maximum atomic E-state index is 12.4. The first-order chi connectivity index (χ1) is 13.1. The second-order valence-corrected chi connectivity index (χ2v) is 7.53. The average Bonchev–Trinajstić information content (AvgIpc) is 2.57. The van der Waals surface area contributed by atoms with Crippen molar-refractivity contribution in [1.82, 2.24) is 5.32 Å². The van der Waals surface area contributed by atoms with Crippen molar-refractivity contribution in [3.05, 3.63) is 40.2 Å². The summed E-state index contributed by atoms with van der Waals surface area (Å²) in [5.41, 5.74) is 0.134. The number of carbonyl (C=O) groups excluding carboxylic acids is 2. The first kappa shape index (κ1) is 21.5. The van der Waals surface area contributed by atoms with Crippen LogP contribution in [0.4, 0.5) is 4.79 Å². The molecule has 152 valence electrons. The average molecular weight is 389 g/mol. The number of nitrogens with one attached hydrogen (secondary N) is 1. The van der Waals surface area contributed by atoms with Gasteiger partial charge in [0.1, 0.15) is 23.0 Å². The summed E-state index contributed by atoms with van der Waals surface area (Å²) in [4.78, 5) is 36.1. The molecule has 2 rings (SSSR count). The van der Waals surface area contributed by atoms with E-state index in [0.29, 0.717) is 12.0 Å². The highest BCUT2D eigenvalue weighted by molar-refractivity contribution is 5.85. The van der Waals surface area contributed by atoms with Crippen LogP contribution in [0.15, 0.2) is 33.5 Å². The van der Waals surface area contributed by atoms with Gasteiger partial charge in [0.15, 0.2) is 0 Å². The number of alkyl carbamates (subject to hydrolysis) is 1. The maximum Gasteiger partial charge on any atom is 0.408 e. The number of amides is 1. The first-order valence-electron chi connectivity index (χ1n) is 9.41. The van der Waals surface area contributed by atoms with Crippen molar-refractivity contribution in [1.29, 1.82) is 0 Å². The number of aryl methyl sites for hydroxylation is 1. The van der Waals surface area contributed by atoms with E-state index < -0.39 is 29.3 Å². The molecule has 0 radical (unpaired) electrons. The molecule has 1 amide bonds. The highest BCUT2D eigenvalue weighted by atomic mass is 16.6. The Morgan fingerprint density at radius 1 is 1.18 bits per heavy atom. The van der Waals surface area contributed by atoms with Crippen LogP contribution in [0.1, 0.15) is 53.0 Å². The van der Waals surface area contributed by atoms with Gasteiger partial charge in [-0.2, -0.15) is 0 Å². The number of ether oxygens (including phenoxy) is 2. The second kappa shape index (κ2) is 8.91. The van der Waals surface area contributed by atoms with Crippen LogP contribution in [0.5, 0.6) is 5.75 Å². The fourth-order valence-electron chi connectivity index (χ4n) is 2.71. The molecule has 1 aromatic heterocycles. The predicted octanol–water partition coefficient (Wildman–Crippen LogP) is 3.95. The van der Waals surface area contributed by atoms with Gasteiger partial charge in [-0.25, -0.2) is 14.4 Å². The molecule has 2 aromatic rings. The lowest BCUT2D eigenvalue weighted by Gasteiger charge is -2.22. The van der Waals surface area contributed by atoms with Crippen LogP contribution < -0.4 is 15.7 Å². The van der Waals surface area contributed by atoms with E-state index in [0.717, 1.165) is 23.8 Å². The highest BCUT2D eigenvalue weighted by Crippen LogP contribution is 2.24. The molecule has 7 nitrogen and oxygen atoms in total. The molecule has 7 heteroatoms. The summed E-state index contributed by atoms with van der Waals surface area (Å²) in [5, 5.41) is 3.31. The van der Waals surface area contributed by atoms with E-state index in [1.807, 2.05) is 6.92 Å². The second-order valence-electron chi connectivity index (χ2n) is 7.53. The normalized spacial score (nSPS) is 12.5. The Bertz CT molecular complexity index is 909. The Kier molecular flexibility index (Phi) is 6.83. The van der Waals surface area contributed by atoms with Crippen LogP contribution in [-0.4, -0.2) is 23.7 Å². The van der Waals surface area contributed by atoms with Crippen molar-refractivity contribution < 1.29 is 23.5 Å². The molecule has 0 aliphatic carbocycles. The molecular weight excluding hydrogens is 362 g/mol.